The van der Waals surface area contributed by atoms with Gasteiger partial charge in [-0.3, -0.25) is 0 Å². The Morgan fingerprint density at radius 1 is 1.64 bits per heavy atom. The zero-order valence-corrected chi connectivity index (χ0v) is 7.01. The minimum absolute atomic E-state index is 0.734. The number of aldehydes is 1. The molecule has 0 spiro atoms. The van der Waals surface area contributed by atoms with Crippen molar-refractivity contribution in [3.63, 3.8) is 0 Å². The normalized spacial score (nSPS) is 25.1. The van der Waals surface area contributed by atoms with Gasteiger partial charge in [0.2, 0.25) is 0 Å². The maximum atomic E-state index is 10.1. The molecule has 1 heteroatoms. The van der Waals surface area contributed by atoms with Crippen LogP contribution in [0.2, 0.25) is 0 Å². The molecule has 0 aromatic rings. The standard InChI is InChI=1S/C10H16O/c1-9-4-2-5-10(8-9)6-3-7-11/h7,10H,1-6,8H2. The van der Waals surface area contributed by atoms with Crippen LogP contribution in [0.1, 0.15) is 38.5 Å². The molecule has 62 valence electrons. The summed E-state index contributed by atoms with van der Waals surface area (Å²) in [5.74, 6) is 0.751. The van der Waals surface area contributed by atoms with Gasteiger partial charge in [-0.25, -0.2) is 0 Å². The van der Waals surface area contributed by atoms with Crippen molar-refractivity contribution in [3.8, 4) is 0 Å². The van der Waals surface area contributed by atoms with Crippen LogP contribution in [-0.4, -0.2) is 6.29 Å². The van der Waals surface area contributed by atoms with Crippen molar-refractivity contribution in [2.24, 2.45) is 5.92 Å². The fraction of sp³-hybridized carbons (Fsp3) is 0.700. The summed E-state index contributed by atoms with van der Waals surface area (Å²) in [6.45, 7) is 3.98. The lowest BCUT2D eigenvalue weighted by atomic mass is 9.84. The number of rotatable bonds is 3. The van der Waals surface area contributed by atoms with Crippen LogP contribution in [0.5, 0.6) is 0 Å². The topological polar surface area (TPSA) is 17.1 Å². The average Bonchev–Trinajstić information content (AvgIpc) is 2.01. The summed E-state index contributed by atoms with van der Waals surface area (Å²) in [6, 6.07) is 0. The molecule has 1 atom stereocenters. The first-order valence-corrected chi connectivity index (χ1v) is 4.43. The van der Waals surface area contributed by atoms with E-state index in [0.717, 1.165) is 31.5 Å². The van der Waals surface area contributed by atoms with Crippen molar-refractivity contribution < 1.29 is 4.79 Å². The van der Waals surface area contributed by atoms with E-state index in [-0.39, 0.29) is 0 Å². The molecule has 0 aromatic heterocycles. The van der Waals surface area contributed by atoms with Crippen LogP contribution < -0.4 is 0 Å². The molecule has 1 unspecified atom stereocenters. The van der Waals surface area contributed by atoms with Gasteiger partial charge >= 0.3 is 0 Å². The summed E-state index contributed by atoms with van der Waals surface area (Å²) < 4.78 is 0. The van der Waals surface area contributed by atoms with Gasteiger partial charge in [-0.2, -0.15) is 0 Å². The summed E-state index contributed by atoms with van der Waals surface area (Å²) in [6.07, 6.45) is 7.78. The highest BCUT2D eigenvalue weighted by atomic mass is 16.1. The predicted octanol–water partition coefficient (Wildman–Crippen LogP) is 2.71. The molecule has 0 aromatic carbocycles. The second kappa shape index (κ2) is 4.32. The third kappa shape index (κ3) is 2.87. The van der Waals surface area contributed by atoms with E-state index in [1.807, 2.05) is 0 Å². The van der Waals surface area contributed by atoms with Crippen LogP contribution in [0, 0.1) is 5.92 Å². The number of carbonyl (C=O) groups is 1. The molecule has 1 fully saturated rings. The minimum Gasteiger partial charge on any atom is -0.303 e. The first-order chi connectivity index (χ1) is 5.33. The van der Waals surface area contributed by atoms with Crippen LogP contribution in [0.15, 0.2) is 12.2 Å². The second-order valence-electron chi connectivity index (χ2n) is 3.46. The SMILES string of the molecule is C=C1CCCC(CCC=O)C1. The Labute approximate surface area is 68.5 Å². The summed E-state index contributed by atoms with van der Waals surface area (Å²) >= 11 is 0. The molecule has 0 N–H and O–H groups in total. The van der Waals surface area contributed by atoms with Crippen LogP contribution in [-0.2, 0) is 4.79 Å². The van der Waals surface area contributed by atoms with Gasteiger partial charge in [-0.05, 0) is 38.0 Å². The van der Waals surface area contributed by atoms with Crippen molar-refractivity contribution in [2.45, 2.75) is 38.5 Å². The van der Waals surface area contributed by atoms with Crippen molar-refractivity contribution in [1.82, 2.24) is 0 Å². The highest BCUT2D eigenvalue weighted by Crippen LogP contribution is 2.29. The van der Waals surface area contributed by atoms with Gasteiger partial charge in [0.25, 0.3) is 0 Å². The Morgan fingerprint density at radius 2 is 2.45 bits per heavy atom. The third-order valence-corrected chi connectivity index (χ3v) is 2.41. The Bertz CT molecular complexity index is 149. The van der Waals surface area contributed by atoms with Gasteiger partial charge in [-0.15, -0.1) is 0 Å². The van der Waals surface area contributed by atoms with Gasteiger partial charge in [0.05, 0.1) is 0 Å². The second-order valence-corrected chi connectivity index (χ2v) is 3.46. The first-order valence-electron chi connectivity index (χ1n) is 4.43. The fourth-order valence-corrected chi connectivity index (χ4v) is 1.80. The van der Waals surface area contributed by atoms with Crippen LogP contribution in [0.3, 0.4) is 0 Å². The molecule has 1 saturated carbocycles. The van der Waals surface area contributed by atoms with Gasteiger partial charge in [0, 0.05) is 6.42 Å². The molecular formula is C10H16O. The Hall–Kier alpha value is -0.590. The maximum absolute atomic E-state index is 10.1. The van der Waals surface area contributed by atoms with Crippen molar-refractivity contribution in [3.05, 3.63) is 12.2 Å². The number of carbonyl (C=O) groups excluding carboxylic acids is 1. The minimum atomic E-state index is 0.734. The number of allylic oxidation sites excluding steroid dienone is 1. The fourth-order valence-electron chi connectivity index (χ4n) is 1.80. The summed E-state index contributed by atoms with van der Waals surface area (Å²) in [5.41, 5.74) is 1.38. The van der Waals surface area contributed by atoms with Gasteiger partial charge in [0.15, 0.2) is 0 Å². The Balaban J connectivity index is 2.22. The lowest BCUT2D eigenvalue weighted by molar-refractivity contribution is -0.108. The van der Waals surface area contributed by atoms with E-state index in [9.17, 15) is 4.79 Å². The average molecular weight is 152 g/mol. The summed E-state index contributed by atoms with van der Waals surface area (Å²) in [5, 5.41) is 0. The molecule has 1 aliphatic carbocycles. The zero-order valence-electron chi connectivity index (χ0n) is 7.01. The number of hydrogen-bond donors (Lipinski definition) is 0. The quantitative estimate of drug-likeness (QED) is 0.449. The van der Waals surface area contributed by atoms with Crippen molar-refractivity contribution >= 4 is 6.29 Å². The van der Waals surface area contributed by atoms with Crippen LogP contribution in [0.4, 0.5) is 0 Å². The smallest absolute Gasteiger partial charge is 0.120 e. The third-order valence-electron chi connectivity index (χ3n) is 2.41. The summed E-state index contributed by atoms with van der Waals surface area (Å²) in [7, 11) is 0. The van der Waals surface area contributed by atoms with Crippen LogP contribution >= 0.6 is 0 Å². The Kier molecular flexibility index (Phi) is 3.34. The largest absolute Gasteiger partial charge is 0.303 e. The molecule has 0 bridgehead atoms. The van der Waals surface area contributed by atoms with E-state index in [1.54, 1.807) is 0 Å². The Morgan fingerprint density at radius 3 is 3.09 bits per heavy atom. The molecule has 0 amide bonds. The molecule has 11 heavy (non-hydrogen) atoms. The van der Waals surface area contributed by atoms with Crippen LogP contribution in [0.25, 0.3) is 0 Å². The molecule has 0 saturated heterocycles. The molecule has 1 nitrogen and oxygen atoms in total. The first kappa shape index (κ1) is 8.51. The molecule has 1 aliphatic rings. The van der Waals surface area contributed by atoms with Gasteiger partial charge < -0.3 is 4.79 Å². The summed E-state index contributed by atoms with van der Waals surface area (Å²) in [4.78, 5) is 10.1. The highest BCUT2D eigenvalue weighted by molar-refractivity contribution is 5.49. The van der Waals surface area contributed by atoms with E-state index in [1.165, 1.54) is 24.8 Å². The lowest BCUT2D eigenvalue weighted by Gasteiger charge is -2.22. The monoisotopic (exact) mass is 152 g/mol. The van der Waals surface area contributed by atoms with E-state index >= 15 is 0 Å². The number of hydrogen-bond acceptors (Lipinski definition) is 1. The predicted molar refractivity (Wildman–Crippen MR) is 46.4 cm³/mol. The zero-order chi connectivity index (χ0) is 8.10. The van der Waals surface area contributed by atoms with E-state index in [2.05, 4.69) is 6.58 Å². The molecular weight excluding hydrogens is 136 g/mol. The lowest BCUT2D eigenvalue weighted by Crippen LogP contribution is -2.07. The van der Waals surface area contributed by atoms with E-state index < -0.39 is 0 Å². The van der Waals surface area contributed by atoms with E-state index in [0.29, 0.717) is 0 Å². The van der Waals surface area contributed by atoms with Gasteiger partial charge in [-0.1, -0.05) is 12.2 Å². The van der Waals surface area contributed by atoms with Gasteiger partial charge in [0.1, 0.15) is 6.29 Å². The molecule has 0 radical (unpaired) electrons. The highest BCUT2D eigenvalue weighted by Gasteiger charge is 2.14. The van der Waals surface area contributed by atoms with E-state index in [4.69, 9.17) is 0 Å². The van der Waals surface area contributed by atoms with Crippen molar-refractivity contribution in [1.29, 1.82) is 0 Å². The molecule has 1 rings (SSSR count). The molecule has 0 aliphatic heterocycles. The molecule has 0 heterocycles. The maximum Gasteiger partial charge on any atom is 0.120 e. The van der Waals surface area contributed by atoms with Crippen molar-refractivity contribution in [2.75, 3.05) is 0 Å².